The second-order valence-corrected chi connectivity index (χ2v) is 4.47. The van der Waals surface area contributed by atoms with E-state index in [4.69, 9.17) is 16.0 Å². The molecule has 1 rings (SSSR count). The highest BCUT2D eigenvalue weighted by molar-refractivity contribution is 7.99. The summed E-state index contributed by atoms with van der Waals surface area (Å²) in [4.78, 5) is 0. The van der Waals surface area contributed by atoms with Crippen LogP contribution in [-0.4, -0.2) is 38.8 Å². The second kappa shape index (κ2) is 7.91. The van der Waals surface area contributed by atoms with E-state index in [1.54, 1.807) is 0 Å². The lowest BCUT2D eigenvalue weighted by atomic mass is 10.2. The highest BCUT2D eigenvalue weighted by Gasteiger charge is 2.14. The average Bonchev–Trinajstić information content (AvgIpc) is 2.81. The summed E-state index contributed by atoms with van der Waals surface area (Å²) in [6.07, 6.45) is 3.91. The molecule has 96 valence electrons. The first-order valence-electron chi connectivity index (χ1n) is 5.33. The van der Waals surface area contributed by atoms with Crippen LogP contribution < -0.4 is 5.73 Å². The molecule has 1 aromatic heterocycles. The monoisotopic (exact) mass is 260 g/mol. The highest BCUT2D eigenvalue weighted by atomic mass is 32.2. The predicted molar refractivity (Wildman–Crippen MR) is 63.1 cm³/mol. The maximum absolute atomic E-state index is 8.61. The zero-order valence-electron chi connectivity index (χ0n) is 9.37. The Bertz CT molecular complexity index is 356. The molecule has 0 saturated carbocycles. The van der Waals surface area contributed by atoms with Gasteiger partial charge in [-0.1, -0.05) is 18.0 Å². The Morgan fingerprint density at radius 2 is 2.06 bits per heavy atom. The molecule has 0 spiro atoms. The maximum atomic E-state index is 8.61. The Balaban J connectivity index is 2.30. The van der Waals surface area contributed by atoms with E-state index in [0.29, 0.717) is 5.03 Å². The normalized spacial score (nSPS) is 11.9. The van der Waals surface area contributed by atoms with Crippen molar-refractivity contribution in [3.05, 3.63) is 5.69 Å². The number of nitrogens with zero attached hydrogens (tertiary/aromatic N) is 3. The molecule has 0 unspecified atom stereocenters. The molecule has 1 aromatic rings. The molecule has 0 aromatic carbocycles. The molecule has 17 heavy (non-hydrogen) atoms. The molecule has 0 bridgehead atoms. The predicted octanol–water partition coefficient (Wildman–Crippen LogP) is 0.809. The molecule has 0 saturated heterocycles. The average molecular weight is 260 g/mol. The summed E-state index contributed by atoms with van der Waals surface area (Å²) in [6, 6.07) is 0. The van der Waals surface area contributed by atoms with Crippen LogP contribution >= 0.6 is 11.8 Å². The summed E-state index contributed by atoms with van der Waals surface area (Å²) < 4.78 is 4.54. The van der Waals surface area contributed by atoms with Gasteiger partial charge in [0.15, 0.2) is 16.6 Å². The largest absolute Gasteiger partial charge is 0.409 e. The van der Waals surface area contributed by atoms with Crippen LogP contribution in [0.2, 0.25) is 0 Å². The number of thioether (sulfide) groups is 1. The third-order valence-electron chi connectivity index (χ3n) is 2.10. The SMILES string of the molecule is N/C(=N\O)c1nonc1SCCCCCCO. The third kappa shape index (κ3) is 4.61. The molecular weight excluding hydrogens is 244 g/mol. The fraction of sp³-hybridized carbons (Fsp3) is 0.667. The van der Waals surface area contributed by atoms with Crippen molar-refractivity contribution in [2.75, 3.05) is 12.4 Å². The van der Waals surface area contributed by atoms with E-state index in [2.05, 4.69) is 20.1 Å². The van der Waals surface area contributed by atoms with Crippen LogP contribution in [0, 0.1) is 0 Å². The first-order valence-corrected chi connectivity index (χ1v) is 6.32. The van der Waals surface area contributed by atoms with Gasteiger partial charge in [0.25, 0.3) is 0 Å². The lowest BCUT2D eigenvalue weighted by molar-refractivity contribution is 0.283. The number of aromatic nitrogens is 2. The molecule has 0 fully saturated rings. The van der Waals surface area contributed by atoms with Crippen molar-refractivity contribution in [2.45, 2.75) is 30.7 Å². The van der Waals surface area contributed by atoms with Gasteiger partial charge in [0, 0.05) is 6.61 Å². The van der Waals surface area contributed by atoms with Crippen molar-refractivity contribution in [3.8, 4) is 0 Å². The quantitative estimate of drug-likeness (QED) is 0.158. The van der Waals surface area contributed by atoms with Crippen molar-refractivity contribution < 1.29 is 14.9 Å². The molecule has 0 atom stereocenters. The smallest absolute Gasteiger partial charge is 0.195 e. The summed E-state index contributed by atoms with van der Waals surface area (Å²) in [7, 11) is 0. The van der Waals surface area contributed by atoms with Gasteiger partial charge >= 0.3 is 0 Å². The first-order chi connectivity index (χ1) is 8.29. The van der Waals surface area contributed by atoms with Gasteiger partial charge in [-0.05, 0) is 28.9 Å². The van der Waals surface area contributed by atoms with Gasteiger partial charge in [-0.15, -0.1) is 11.8 Å². The molecule has 0 aliphatic heterocycles. The molecule has 0 aliphatic rings. The number of unbranched alkanes of at least 4 members (excludes halogenated alkanes) is 3. The van der Waals surface area contributed by atoms with Crippen molar-refractivity contribution in [3.63, 3.8) is 0 Å². The lowest BCUT2D eigenvalue weighted by Gasteiger charge is -1.99. The van der Waals surface area contributed by atoms with E-state index in [9.17, 15) is 0 Å². The number of amidine groups is 1. The van der Waals surface area contributed by atoms with Crippen LogP contribution in [0.1, 0.15) is 31.4 Å². The van der Waals surface area contributed by atoms with E-state index < -0.39 is 0 Å². The van der Waals surface area contributed by atoms with Crippen LogP contribution in [0.25, 0.3) is 0 Å². The molecular formula is C9H16N4O3S. The topological polar surface area (TPSA) is 118 Å². The van der Waals surface area contributed by atoms with Gasteiger partial charge in [-0.2, -0.15) is 0 Å². The second-order valence-electron chi connectivity index (χ2n) is 3.39. The standard InChI is InChI=1S/C9H16N4O3S/c10-8(11-15)7-9(13-16-12-7)17-6-4-2-1-3-5-14/h14-15H,1-6H2,(H2,10,11). The Kier molecular flexibility index (Phi) is 6.41. The summed E-state index contributed by atoms with van der Waals surface area (Å²) in [5, 5.41) is 27.8. The number of nitrogens with two attached hydrogens (primary N) is 1. The summed E-state index contributed by atoms with van der Waals surface area (Å²) in [6.45, 7) is 0.244. The highest BCUT2D eigenvalue weighted by Crippen LogP contribution is 2.20. The lowest BCUT2D eigenvalue weighted by Crippen LogP contribution is -2.14. The van der Waals surface area contributed by atoms with Gasteiger partial charge < -0.3 is 16.0 Å². The number of aliphatic hydroxyl groups is 1. The van der Waals surface area contributed by atoms with Crippen molar-refractivity contribution >= 4 is 17.6 Å². The number of hydrogen-bond donors (Lipinski definition) is 3. The van der Waals surface area contributed by atoms with Crippen LogP contribution in [0.5, 0.6) is 0 Å². The van der Waals surface area contributed by atoms with E-state index in [1.807, 2.05) is 0 Å². The van der Waals surface area contributed by atoms with Crippen LogP contribution in [0.4, 0.5) is 0 Å². The number of aliphatic hydroxyl groups excluding tert-OH is 1. The van der Waals surface area contributed by atoms with Gasteiger partial charge in [0.1, 0.15) is 0 Å². The van der Waals surface area contributed by atoms with Gasteiger partial charge in [-0.3, -0.25) is 0 Å². The van der Waals surface area contributed by atoms with Gasteiger partial charge in [-0.25, -0.2) is 4.63 Å². The van der Waals surface area contributed by atoms with Crippen molar-refractivity contribution in [1.82, 2.24) is 10.3 Å². The zero-order chi connectivity index (χ0) is 12.5. The van der Waals surface area contributed by atoms with E-state index in [0.717, 1.165) is 31.4 Å². The minimum Gasteiger partial charge on any atom is -0.409 e. The van der Waals surface area contributed by atoms with Gasteiger partial charge in [0.2, 0.25) is 0 Å². The molecule has 0 aliphatic carbocycles. The van der Waals surface area contributed by atoms with Gasteiger partial charge in [0.05, 0.1) is 0 Å². The number of rotatable bonds is 8. The van der Waals surface area contributed by atoms with Crippen molar-refractivity contribution in [1.29, 1.82) is 0 Å². The molecule has 0 radical (unpaired) electrons. The molecule has 1 heterocycles. The number of hydrogen-bond acceptors (Lipinski definition) is 7. The van der Waals surface area contributed by atoms with E-state index >= 15 is 0 Å². The van der Waals surface area contributed by atoms with Crippen LogP contribution in [0.15, 0.2) is 14.8 Å². The van der Waals surface area contributed by atoms with E-state index in [-0.39, 0.29) is 18.1 Å². The Labute approximate surface area is 103 Å². The molecule has 8 heteroatoms. The van der Waals surface area contributed by atoms with E-state index in [1.165, 1.54) is 11.8 Å². The zero-order valence-corrected chi connectivity index (χ0v) is 10.2. The fourth-order valence-electron chi connectivity index (χ4n) is 1.22. The summed E-state index contributed by atoms with van der Waals surface area (Å²) in [5.74, 6) is 0.750. The number of oxime groups is 1. The Morgan fingerprint density at radius 3 is 2.76 bits per heavy atom. The summed E-state index contributed by atoms with van der Waals surface area (Å²) in [5.41, 5.74) is 5.68. The minimum absolute atomic E-state index is 0.103. The van der Waals surface area contributed by atoms with Crippen LogP contribution in [-0.2, 0) is 0 Å². The summed E-state index contributed by atoms with van der Waals surface area (Å²) >= 11 is 1.45. The minimum atomic E-state index is -0.103. The third-order valence-corrected chi connectivity index (χ3v) is 3.13. The first kappa shape index (κ1) is 13.8. The molecule has 7 nitrogen and oxygen atoms in total. The van der Waals surface area contributed by atoms with Crippen molar-refractivity contribution in [2.24, 2.45) is 10.9 Å². The maximum Gasteiger partial charge on any atom is 0.195 e. The molecule has 0 amide bonds. The molecule has 4 N–H and O–H groups in total. The van der Waals surface area contributed by atoms with Crippen LogP contribution in [0.3, 0.4) is 0 Å². The Hall–Kier alpha value is -1.28. The fourth-order valence-corrected chi connectivity index (χ4v) is 2.12. The Morgan fingerprint density at radius 1 is 1.29 bits per heavy atom.